The van der Waals surface area contributed by atoms with E-state index in [0.29, 0.717) is 37.7 Å². The summed E-state index contributed by atoms with van der Waals surface area (Å²) in [6, 6.07) is 7.34. The van der Waals surface area contributed by atoms with Gasteiger partial charge < -0.3 is 20.1 Å². The number of carboxylic acids is 1. The van der Waals surface area contributed by atoms with E-state index in [-0.39, 0.29) is 47.6 Å². The van der Waals surface area contributed by atoms with Crippen molar-refractivity contribution in [1.82, 2.24) is 19.4 Å². The average molecular weight is 477 g/mol. The fourth-order valence-electron chi connectivity index (χ4n) is 4.71. The van der Waals surface area contributed by atoms with Gasteiger partial charge in [-0.05, 0) is 24.5 Å². The zero-order valence-corrected chi connectivity index (χ0v) is 19.3. The first-order valence-electron chi connectivity index (χ1n) is 10.9. The molecule has 10 nitrogen and oxygen atoms in total. The summed E-state index contributed by atoms with van der Waals surface area (Å²) < 4.78 is 8.91. The Morgan fingerprint density at radius 1 is 1.21 bits per heavy atom. The van der Waals surface area contributed by atoms with Crippen molar-refractivity contribution in [2.75, 3.05) is 37.7 Å². The van der Waals surface area contributed by atoms with Crippen LogP contribution in [0.2, 0.25) is 0 Å². The Hall–Kier alpha value is -2.79. The number of carbonyl (C=O) groups is 3. The summed E-state index contributed by atoms with van der Waals surface area (Å²) in [6.45, 7) is 2.02. The van der Waals surface area contributed by atoms with Crippen LogP contribution >= 0.6 is 11.8 Å². The Labute approximate surface area is 194 Å². The third-order valence-corrected chi connectivity index (χ3v) is 7.37. The molecule has 0 aliphatic carbocycles. The normalized spacial score (nSPS) is 22.3. The summed E-state index contributed by atoms with van der Waals surface area (Å²) >= 11 is 1.10. The molecule has 0 radical (unpaired) electrons. The van der Waals surface area contributed by atoms with Crippen molar-refractivity contribution in [3.63, 3.8) is 0 Å². The van der Waals surface area contributed by atoms with E-state index in [1.807, 2.05) is 24.3 Å². The number of hydrogen-bond acceptors (Lipinski definition) is 6. The zero-order chi connectivity index (χ0) is 23.5. The number of benzene rings is 1. The lowest BCUT2D eigenvalue weighted by Crippen LogP contribution is -2.48. The van der Waals surface area contributed by atoms with E-state index in [0.717, 1.165) is 23.7 Å². The first-order chi connectivity index (χ1) is 15.8. The van der Waals surface area contributed by atoms with Crippen LogP contribution in [-0.2, 0) is 32.7 Å². The molecule has 0 bridgehead atoms. The number of hydrogen-bond donors (Lipinski definition) is 2. The van der Waals surface area contributed by atoms with Crippen LogP contribution < -0.4 is 11.0 Å². The predicted molar refractivity (Wildman–Crippen MR) is 123 cm³/mol. The van der Waals surface area contributed by atoms with Gasteiger partial charge in [0.15, 0.2) is 0 Å². The molecule has 2 saturated heterocycles. The molecular weight excluding hydrogens is 448 g/mol. The molecule has 2 aromatic rings. The number of likely N-dealkylation sites (tertiary alicyclic amines) is 1. The number of amides is 2. The first-order valence-corrected chi connectivity index (χ1v) is 12.1. The number of carboxylic acid groups (broad SMARTS) is 1. The fourth-order valence-corrected chi connectivity index (χ4v) is 5.35. The lowest BCUT2D eigenvalue weighted by atomic mass is 9.84. The highest BCUT2D eigenvalue weighted by atomic mass is 32.2. The van der Waals surface area contributed by atoms with Crippen LogP contribution in [0.5, 0.6) is 0 Å². The second-order valence-electron chi connectivity index (χ2n) is 8.53. The highest BCUT2D eigenvalue weighted by molar-refractivity contribution is 8.00. The number of piperidine rings is 1. The van der Waals surface area contributed by atoms with Crippen molar-refractivity contribution >= 4 is 40.6 Å². The van der Waals surface area contributed by atoms with Crippen molar-refractivity contribution in [2.24, 2.45) is 18.9 Å². The van der Waals surface area contributed by atoms with E-state index in [2.05, 4.69) is 5.32 Å². The Morgan fingerprint density at radius 2 is 1.97 bits per heavy atom. The molecule has 2 aliphatic rings. The molecule has 4 rings (SSSR count). The summed E-state index contributed by atoms with van der Waals surface area (Å²) in [5, 5.41) is 11.6. The third kappa shape index (κ3) is 5.09. The molecule has 0 spiro atoms. The molecule has 33 heavy (non-hydrogen) atoms. The van der Waals surface area contributed by atoms with Gasteiger partial charge in [0.05, 0.1) is 35.2 Å². The van der Waals surface area contributed by atoms with Gasteiger partial charge in [0.25, 0.3) is 0 Å². The Morgan fingerprint density at radius 3 is 2.73 bits per heavy atom. The van der Waals surface area contributed by atoms with Crippen molar-refractivity contribution < 1.29 is 24.2 Å². The molecule has 2 N–H and O–H groups in total. The molecule has 1 aromatic carbocycles. The highest BCUT2D eigenvalue weighted by Crippen LogP contribution is 2.34. The largest absolute Gasteiger partial charge is 0.481 e. The SMILES string of the molecule is Cn1c(=O)n(CC(=O)NC[C@@H]2OC[C@@H]3CCN(C(=O)CSCC(=O)O)C[C@@H]32)c2ccccc21. The number of aliphatic carboxylic acids is 1. The molecule has 3 atom stereocenters. The molecule has 1 aromatic heterocycles. The van der Waals surface area contributed by atoms with Gasteiger partial charge in [0.2, 0.25) is 11.8 Å². The van der Waals surface area contributed by atoms with E-state index in [1.165, 1.54) is 9.13 Å². The van der Waals surface area contributed by atoms with Gasteiger partial charge in [-0.3, -0.25) is 23.5 Å². The second-order valence-corrected chi connectivity index (χ2v) is 9.52. The van der Waals surface area contributed by atoms with Gasteiger partial charge in [-0.2, -0.15) is 0 Å². The number of thioether (sulfide) groups is 1. The zero-order valence-electron chi connectivity index (χ0n) is 18.4. The minimum atomic E-state index is -0.933. The Balaban J connectivity index is 1.32. The van der Waals surface area contributed by atoms with E-state index in [1.54, 1.807) is 11.9 Å². The van der Waals surface area contributed by atoms with E-state index in [9.17, 15) is 19.2 Å². The molecule has 178 valence electrons. The van der Waals surface area contributed by atoms with Crippen LogP contribution in [0.25, 0.3) is 11.0 Å². The number of rotatable bonds is 8. The highest BCUT2D eigenvalue weighted by Gasteiger charge is 2.41. The summed E-state index contributed by atoms with van der Waals surface area (Å²) in [4.78, 5) is 50.0. The number of imidazole rings is 1. The fraction of sp³-hybridized carbons (Fsp3) is 0.545. The van der Waals surface area contributed by atoms with Crippen LogP contribution in [-0.4, -0.2) is 80.8 Å². The van der Waals surface area contributed by atoms with Gasteiger partial charge in [-0.15, -0.1) is 11.8 Å². The van der Waals surface area contributed by atoms with Crippen molar-refractivity contribution in [3.8, 4) is 0 Å². The molecular formula is C22H28N4O6S. The molecule has 3 heterocycles. The van der Waals surface area contributed by atoms with Crippen molar-refractivity contribution in [1.29, 1.82) is 0 Å². The summed E-state index contributed by atoms with van der Waals surface area (Å²) in [5.74, 6) is -0.762. The lowest BCUT2D eigenvalue weighted by Gasteiger charge is -2.36. The summed E-state index contributed by atoms with van der Waals surface area (Å²) in [5.41, 5.74) is 1.23. The number of carbonyl (C=O) groups excluding carboxylic acids is 2. The maximum absolute atomic E-state index is 12.6. The smallest absolute Gasteiger partial charge is 0.329 e. The number of ether oxygens (including phenoxy) is 1. The van der Waals surface area contributed by atoms with Crippen LogP contribution in [0.3, 0.4) is 0 Å². The Kier molecular flexibility index (Phi) is 7.08. The molecule has 2 aliphatic heterocycles. The number of aromatic nitrogens is 2. The van der Waals surface area contributed by atoms with E-state index < -0.39 is 5.97 Å². The molecule has 0 saturated carbocycles. The number of fused-ring (bicyclic) bond motifs is 2. The van der Waals surface area contributed by atoms with Gasteiger partial charge in [-0.25, -0.2) is 4.79 Å². The second kappa shape index (κ2) is 10.0. The Bertz CT molecular complexity index is 1110. The van der Waals surface area contributed by atoms with Gasteiger partial charge in [0.1, 0.15) is 6.54 Å². The average Bonchev–Trinajstić information content (AvgIpc) is 3.31. The quantitative estimate of drug-likeness (QED) is 0.556. The number of aryl methyl sites for hydroxylation is 1. The number of nitrogens with one attached hydrogen (secondary N) is 1. The minimum absolute atomic E-state index is 0.0651. The molecule has 11 heteroatoms. The van der Waals surface area contributed by atoms with Crippen LogP contribution in [0.4, 0.5) is 0 Å². The maximum atomic E-state index is 12.6. The minimum Gasteiger partial charge on any atom is -0.481 e. The van der Waals surface area contributed by atoms with Gasteiger partial charge in [-0.1, -0.05) is 12.1 Å². The third-order valence-electron chi connectivity index (χ3n) is 6.47. The summed E-state index contributed by atoms with van der Waals surface area (Å²) in [6.07, 6.45) is 0.626. The summed E-state index contributed by atoms with van der Waals surface area (Å²) in [7, 11) is 1.68. The van der Waals surface area contributed by atoms with E-state index in [4.69, 9.17) is 9.84 Å². The number of nitrogens with zero attached hydrogens (tertiary/aromatic N) is 3. The van der Waals surface area contributed by atoms with Crippen molar-refractivity contribution in [3.05, 3.63) is 34.7 Å². The lowest BCUT2D eigenvalue weighted by molar-refractivity contribution is -0.134. The van der Waals surface area contributed by atoms with E-state index >= 15 is 0 Å². The van der Waals surface area contributed by atoms with Crippen LogP contribution in [0.1, 0.15) is 6.42 Å². The van der Waals surface area contributed by atoms with Crippen LogP contribution in [0, 0.1) is 11.8 Å². The van der Waals surface area contributed by atoms with Gasteiger partial charge in [0, 0.05) is 32.6 Å². The standard InChI is InChI=1S/C22H28N4O6S/c1-24-16-4-2-3-5-17(16)26(22(24)31)10-19(27)23-8-18-15-9-25(7-6-14(15)11-32-18)20(28)12-33-13-21(29)30/h2-5,14-15,18H,6-13H2,1H3,(H,23,27)(H,29,30)/t14-,15-,18-/m0/s1. The monoisotopic (exact) mass is 476 g/mol. The molecule has 2 amide bonds. The molecule has 0 unspecified atom stereocenters. The molecule has 2 fully saturated rings. The maximum Gasteiger partial charge on any atom is 0.329 e. The number of para-hydroxylation sites is 2. The predicted octanol–water partition coefficient (Wildman–Crippen LogP) is 0.138. The van der Waals surface area contributed by atoms with Gasteiger partial charge >= 0.3 is 11.7 Å². The van der Waals surface area contributed by atoms with Crippen LogP contribution in [0.15, 0.2) is 29.1 Å². The topological polar surface area (TPSA) is 123 Å². The van der Waals surface area contributed by atoms with Crippen molar-refractivity contribution in [2.45, 2.75) is 19.1 Å². The first kappa shape index (κ1) is 23.4.